The Bertz CT molecular complexity index is 913. The van der Waals surface area contributed by atoms with E-state index in [1.807, 2.05) is 42.3 Å². The number of carbonyl (C=O) groups excluding carboxylic acids is 1. The summed E-state index contributed by atoms with van der Waals surface area (Å²) in [5.41, 5.74) is 1.47. The maximum atomic E-state index is 13.2. The van der Waals surface area contributed by atoms with Gasteiger partial charge in [-0.3, -0.25) is 4.79 Å². The predicted molar refractivity (Wildman–Crippen MR) is 105 cm³/mol. The largest absolute Gasteiger partial charge is 0.329 e. The number of sulfonamides is 1. The fourth-order valence-corrected chi connectivity index (χ4v) is 4.24. The van der Waals surface area contributed by atoms with E-state index in [4.69, 9.17) is 0 Å². The molecule has 1 saturated heterocycles. The molecule has 0 aliphatic carbocycles. The van der Waals surface area contributed by atoms with Crippen molar-refractivity contribution in [3.8, 4) is 0 Å². The van der Waals surface area contributed by atoms with Crippen LogP contribution in [0, 0.1) is 0 Å². The number of rotatable bonds is 4. The summed E-state index contributed by atoms with van der Waals surface area (Å²) in [6.07, 6.45) is 0. The van der Waals surface area contributed by atoms with E-state index in [0.717, 1.165) is 23.0 Å². The minimum absolute atomic E-state index is 0.0634. The van der Waals surface area contributed by atoms with Gasteiger partial charge in [0.2, 0.25) is 10.0 Å². The molecule has 0 bridgehead atoms. The lowest BCUT2D eigenvalue weighted by Crippen LogP contribution is -2.49. The van der Waals surface area contributed by atoms with Crippen LogP contribution < -0.4 is 0 Å². The van der Waals surface area contributed by atoms with Crippen molar-refractivity contribution in [2.24, 2.45) is 0 Å². The van der Waals surface area contributed by atoms with Gasteiger partial charge in [0.15, 0.2) is 0 Å². The number of amides is 1. The van der Waals surface area contributed by atoms with Crippen LogP contribution in [0.15, 0.2) is 59.5 Å². The molecule has 1 aliphatic rings. The number of hydrogen-bond donors (Lipinski definition) is 0. The molecule has 1 aliphatic heterocycles. The Labute approximate surface area is 161 Å². The second-order valence-corrected chi connectivity index (χ2v) is 9.15. The van der Waals surface area contributed by atoms with E-state index >= 15 is 0 Å². The number of likely N-dealkylation sites (N-methyl/N-ethyl adjacent to an activating group) is 1. The van der Waals surface area contributed by atoms with Crippen molar-refractivity contribution in [2.45, 2.75) is 10.9 Å². The first-order valence-corrected chi connectivity index (χ1v) is 10.3. The van der Waals surface area contributed by atoms with Crippen molar-refractivity contribution >= 4 is 15.9 Å². The molecule has 1 atom stereocenters. The van der Waals surface area contributed by atoms with E-state index in [9.17, 15) is 13.2 Å². The highest BCUT2D eigenvalue weighted by atomic mass is 32.2. The summed E-state index contributed by atoms with van der Waals surface area (Å²) in [5, 5.41) is 0. The van der Waals surface area contributed by atoms with Crippen molar-refractivity contribution in [1.82, 2.24) is 14.1 Å². The number of carbonyl (C=O) groups is 1. The van der Waals surface area contributed by atoms with Crippen LogP contribution in [0.2, 0.25) is 0 Å². The van der Waals surface area contributed by atoms with Crippen molar-refractivity contribution in [3.63, 3.8) is 0 Å². The van der Waals surface area contributed by atoms with Crippen LogP contribution in [-0.4, -0.2) is 69.2 Å². The third-order valence-electron chi connectivity index (χ3n) is 4.89. The summed E-state index contributed by atoms with van der Waals surface area (Å²) in [7, 11) is 1.42. The molecule has 3 rings (SSSR count). The Balaban J connectivity index is 1.94. The van der Waals surface area contributed by atoms with E-state index in [2.05, 4.69) is 4.90 Å². The summed E-state index contributed by atoms with van der Waals surface area (Å²) >= 11 is 0. The van der Waals surface area contributed by atoms with Gasteiger partial charge < -0.3 is 9.80 Å². The van der Waals surface area contributed by atoms with Gasteiger partial charge in [0.05, 0.1) is 10.9 Å². The van der Waals surface area contributed by atoms with Crippen LogP contribution in [0.4, 0.5) is 0 Å². The molecule has 2 aromatic rings. The second-order valence-electron chi connectivity index (χ2n) is 7.00. The lowest BCUT2D eigenvalue weighted by atomic mass is 10.0. The van der Waals surface area contributed by atoms with Gasteiger partial charge in [0.1, 0.15) is 0 Å². The minimum atomic E-state index is -3.58. The van der Waals surface area contributed by atoms with Gasteiger partial charge in [0, 0.05) is 39.3 Å². The minimum Gasteiger partial charge on any atom is -0.329 e. The van der Waals surface area contributed by atoms with Gasteiger partial charge in [-0.1, -0.05) is 36.4 Å². The maximum Gasteiger partial charge on any atom is 0.254 e. The Hall–Kier alpha value is -2.22. The van der Waals surface area contributed by atoms with Gasteiger partial charge in [-0.2, -0.15) is 0 Å². The zero-order valence-electron chi connectivity index (χ0n) is 15.9. The van der Waals surface area contributed by atoms with E-state index in [0.29, 0.717) is 12.1 Å². The maximum absolute atomic E-state index is 13.2. The number of hydrogen-bond acceptors (Lipinski definition) is 4. The molecule has 0 spiro atoms. The summed E-state index contributed by atoms with van der Waals surface area (Å²) in [4.78, 5) is 17.4. The first-order chi connectivity index (χ1) is 12.8. The van der Waals surface area contributed by atoms with Crippen LogP contribution in [0.25, 0.3) is 0 Å². The molecular weight excluding hydrogens is 362 g/mol. The third kappa shape index (κ3) is 4.05. The van der Waals surface area contributed by atoms with Crippen LogP contribution in [0.3, 0.4) is 0 Å². The Morgan fingerprint density at radius 2 is 1.74 bits per heavy atom. The fourth-order valence-electron chi connectivity index (χ4n) is 3.29. The molecule has 0 aromatic heterocycles. The molecular formula is C20H25N3O3S. The van der Waals surface area contributed by atoms with Crippen molar-refractivity contribution in [3.05, 3.63) is 65.7 Å². The van der Waals surface area contributed by atoms with E-state index in [1.165, 1.54) is 26.2 Å². The highest BCUT2D eigenvalue weighted by molar-refractivity contribution is 7.89. The molecule has 2 aromatic carbocycles. The number of nitrogens with zero attached hydrogens (tertiary/aromatic N) is 3. The highest BCUT2D eigenvalue weighted by Crippen LogP contribution is 2.27. The molecule has 144 valence electrons. The predicted octanol–water partition coefficient (Wildman–Crippen LogP) is 2.07. The van der Waals surface area contributed by atoms with Gasteiger partial charge in [0.25, 0.3) is 5.91 Å². The molecule has 27 heavy (non-hydrogen) atoms. The van der Waals surface area contributed by atoms with Gasteiger partial charge in [-0.25, -0.2) is 12.7 Å². The van der Waals surface area contributed by atoms with Crippen molar-refractivity contribution in [2.75, 3.05) is 40.8 Å². The Kier molecular flexibility index (Phi) is 5.64. The monoisotopic (exact) mass is 387 g/mol. The van der Waals surface area contributed by atoms with Crippen LogP contribution in [-0.2, 0) is 10.0 Å². The first-order valence-electron chi connectivity index (χ1n) is 8.88. The molecule has 6 nitrogen and oxygen atoms in total. The zero-order valence-corrected chi connectivity index (χ0v) is 16.7. The molecule has 0 N–H and O–H groups in total. The molecule has 1 fully saturated rings. The summed E-state index contributed by atoms with van der Waals surface area (Å²) < 4.78 is 26.0. The SMILES string of the molecule is CN1CCN(C(=O)c2cccc(S(=O)(=O)N(C)C)c2)[C@@H](c2ccccc2)C1. The number of piperazine rings is 1. The van der Waals surface area contributed by atoms with Crippen LogP contribution in [0.1, 0.15) is 22.0 Å². The summed E-state index contributed by atoms with van der Waals surface area (Å²) in [6.45, 7) is 2.12. The standard InChI is InChI=1S/C20H25N3O3S/c1-21(2)27(25,26)18-11-7-10-17(14-18)20(24)23-13-12-22(3)15-19(23)16-8-5-4-6-9-16/h4-11,14,19H,12-13,15H2,1-3H3/t19-/m1/s1. The van der Waals surface area contributed by atoms with E-state index < -0.39 is 10.0 Å². The lowest BCUT2D eigenvalue weighted by Gasteiger charge is -2.40. The molecule has 0 radical (unpaired) electrons. The average Bonchev–Trinajstić information content (AvgIpc) is 2.68. The van der Waals surface area contributed by atoms with E-state index in [1.54, 1.807) is 12.1 Å². The second kappa shape index (κ2) is 7.80. The normalized spacial score (nSPS) is 18.7. The fraction of sp³-hybridized carbons (Fsp3) is 0.350. The van der Waals surface area contributed by atoms with Gasteiger partial charge in [-0.15, -0.1) is 0 Å². The molecule has 1 heterocycles. The third-order valence-corrected chi connectivity index (χ3v) is 6.70. The van der Waals surface area contributed by atoms with Crippen molar-refractivity contribution in [1.29, 1.82) is 0 Å². The lowest BCUT2D eigenvalue weighted by molar-refractivity contribution is 0.0498. The smallest absolute Gasteiger partial charge is 0.254 e. The van der Waals surface area contributed by atoms with Crippen molar-refractivity contribution < 1.29 is 13.2 Å². The Morgan fingerprint density at radius 1 is 1.04 bits per heavy atom. The summed E-state index contributed by atoms with van der Waals surface area (Å²) in [5.74, 6) is -0.146. The van der Waals surface area contributed by atoms with E-state index in [-0.39, 0.29) is 16.8 Å². The topological polar surface area (TPSA) is 60.9 Å². The molecule has 1 amide bonds. The zero-order chi connectivity index (χ0) is 19.6. The number of benzene rings is 2. The molecule has 0 unspecified atom stereocenters. The van der Waals surface area contributed by atoms with Gasteiger partial charge >= 0.3 is 0 Å². The average molecular weight is 388 g/mol. The summed E-state index contributed by atoms with van der Waals surface area (Å²) in [6, 6.07) is 16.2. The Morgan fingerprint density at radius 3 is 2.41 bits per heavy atom. The van der Waals surface area contributed by atoms with Crippen LogP contribution in [0.5, 0.6) is 0 Å². The first kappa shape index (κ1) is 19.5. The van der Waals surface area contributed by atoms with Crippen LogP contribution >= 0.6 is 0 Å². The quantitative estimate of drug-likeness (QED) is 0.806. The molecule has 0 saturated carbocycles. The highest BCUT2D eigenvalue weighted by Gasteiger charge is 2.31. The van der Waals surface area contributed by atoms with Gasteiger partial charge in [-0.05, 0) is 30.8 Å². The molecule has 7 heteroatoms.